The van der Waals surface area contributed by atoms with Gasteiger partial charge < -0.3 is 15.9 Å². The van der Waals surface area contributed by atoms with E-state index >= 15 is 0 Å². The van der Waals surface area contributed by atoms with Gasteiger partial charge in [-0.25, -0.2) is 0 Å². The van der Waals surface area contributed by atoms with E-state index in [1.165, 1.54) is 0 Å². The second-order valence-electron chi connectivity index (χ2n) is 9.65. The van der Waals surface area contributed by atoms with E-state index in [4.69, 9.17) is 15.9 Å². The lowest BCUT2D eigenvalue weighted by atomic mass is 9.51. The van der Waals surface area contributed by atoms with Crippen LogP contribution in [0.4, 0.5) is 0 Å². The number of nitriles is 3. The van der Waals surface area contributed by atoms with Gasteiger partial charge in [0.25, 0.3) is 5.91 Å². The summed E-state index contributed by atoms with van der Waals surface area (Å²) in [6.07, 6.45) is 3.60. The van der Waals surface area contributed by atoms with E-state index in [2.05, 4.69) is 45.1 Å². The molecule has 1 fully saturated rings. The molecule has 0 saturated heterocycles. The van der Waals surface area contributed by atoms with E-state index in [0.29, 0.717) is 11.7 Å². The smallest absolute Gasteiger partial charge is 0.255 e. The number of nitrogens with one attached hydrogen (secondary N) is 1. The van der Waals surface area contributed by atoms with Crippen LogP contribution < -0.4 is 10.5 Å². The molecular weight excluding hydrogens is 402 g/mol. The molecule has 7 heteroatoms. The quantitative estimate of drug-likeness (QED) is 0.698. The van der Waals surface area contributed by atoms with Crippen molar-refractivity contribution in [3.63, 3.8) is 0 Å². The van der Waals surface area contributed by atoms with Crippen LogP contribution in [0.2, 0.25) is 0 Å². The van der Waals surface area contributed by atoms with Gasteiger partial charge in [-0.2, -0.15) is 15.8 Å². The first-order chi connectivity index (χ1) is 15.1. The molecule has 0 radical (unpaired) electrons. The maximum Gasteiger partial charge on any atom is 0.255 e. The first-order valence-electron chi connectivity index (χ1n) is 10.6. The van der Waals surface area contributed by atoms with Crippen LogP contribution in [0.3, 0.4) is 0 Å². The van der Waals surface area contributed by atoms with Gasteiger partial charge in [-0.1, -0.05) is 39.0 Å². The molecule has 1 amide bonds. The zero-order valence-corrected chi connectivity index (χ0v) is 18.6. The Labute approximate surface area is 188 Å². The fraction of sp³-hybridized carbons (Fsp3) is 0.480. The molecule has 0 aliphatic heterocycles. The Balaban J connectivity index is 2.12. The van der Waals surface area contributed by atoms with Crippen LogP contribution >= 0.6 is 0 Å². The SMILES string of the molecule is CC(C)(C)C1CC=C2C(C#N)C(=N)C(C#N)(C#N)[C@H](c3ccc(OCC(N)=O)cc3)[C@H]2C1. The lowest BCUT2D eigenvalue weighted by Gasteiger charge is -2.49. The number of hydrogen-bond donors (Lipinski definition) is 2. The maximum absolute atomic E-state index is 11.0. The van der Waals surface area contributed by atoms with Crippen molar-refractivity contribution >= 4 is 11.6 Å². The molecule has 4 atom stereocenters. The highest BCUT2D eigenvalue weighted by molar-refractivity contribution is 6.00. The van der Waals surface area contributed by atoms with Gasteiger partial charge in [-0.15, -0.1) is 0 Å². The predicted molar refractivity (Wildman–Crippen MR) is 118 cm³/mol. The van der Waals surface area contributed by atoms with Crippen LogP contribution in [-0.2, 0) is 4.79 Å². The molecule has 3 N–H and O–H groups in total. The van der Waals surface area contributed by atoms with E-state index in [1.807, 2.05) is 0 Å². The third kappa shape index (κ3) is 3.85. The minimum absolute atomic E-state index is 0.0219. The normalized spacial score (nSPS) is 26.5. The molecule has 1 aromatic rings. The molecule has 0 heterocycles. The molecule has 2 aliphatic carbocycles. The number of primary amides is 1. The van der Waals surface area contributed by atoms with Crippen LogP contribution in [0, 0.1) is 68.0 Å². The zero-order valence-electron chi connectivity index (χ0n) is 18.6. The summed E-state index contributed by atoms with van der Waals surface area (Å²) in [7, 11) is 0. The number of carbonyl (C=O) groups is 1. The average Bonchev–Trinajstić information content (AvgIpc) is 2.76. The van der Waals surface area contributed by atoms with Gasteiger partial charge >= 0.3 is 0 Å². The van der Waals surface area contributed by atoms with Gasteiger partial charge in [0.05, 0.1) is 23.9 Å². The van der Waals surface area contributed by atoms with Crippen molar-refractivity contribution in [1.82, 2.24) is 0 Å². The van der Waals surface area contributed by atoms with Crippen LogP contribution in [0.15, 0.2) is 35.9 Å². The van der Waals surface area contributed by atoms with E-state index < -0.39 is 23.2 Å². The van der Waals surface area contributed by atoms with Gasteiger partial charge in [-0.3, -0.25) is 4.79 Å². The monoisotopic (exact) mass is 429 g/mol. The van der Waals surface area contributed by atoms with Crippen LogP contribution in [0.1, 0.15) is 45.1 Å². The number of benzene rings is 1. The van der Waals surface area contributed by atoms with Crippen LogP contribution in [-0.4, -0.2) is 18.2 Å². The molecule has 0 bridgehead atoms. The lowest BCUT2D eigenvalue weighted by Crippen LogP contribution is -2.50. The Bertz CT molecular complexity index is 1060. The Morgan fingerprint density at radius 1 is 1.22 bits per heavy atom. The van der Waals surface area contributed by atoms with Crippen molar-refractivity contribution in [3.8, 4) is 24.0 Å². The summed E-state index contributed by atoms with van der Waals surface area (Å²) in [4.78, 5) is 11.0. The molecule has 0 spiro atoms. The molecule has 32 heavy (non-hydrogen) atoms. The number of rotatable bonds is 4. The predicted octanol–water partition coefficient (Wildman–Crippen LogP) is 3.84. The largest absolute Gasteiger partial charge is 0.484 e. The number of hydrogen-bond acceptors (Lipinski definition) is 6. The Morgan fingerprint density at radius 3 is 2.34 bits per heavy atom. The molecule has 1 saturated carbocycles. The molecule has 164 valence electrons. The molecular formula is C25H27N5O2. The minimum Gasteiger partial charge on any atom is -0.484 e. The topological polar surface area (TPSA) is 148 Å². The third-order valence-corrected chi connectivity index (χ3v) is 6.85. The summed E-state index contributed by atoms with van der Waals surface area (Å²) in [6.45, 7) is 6.26. The minimum atomic E-state index is -1.74. The number of amides is 1. The molecule has 1 aromatic carbocycles. The number of nitrogens with zero attached hydrogens (tertiary/aromatic N) is 3. The summed E-state index contributed by atoms with van der Waals surface area (Å²) >= 11 is 0. The maximum atomic E-state index is 11.0. The third-order valence-electron chi connectivity index (χ3n) is 6.85. The van der Waals surface area contributed by atoms with E-state index in [-0.39, 0.29) is 23.7 Å². The van der Waals surface area contributed by atoms with Gasteiger partial charge in [0.2, 0.25) is 0 Å². The fourth-order valence-corrected chi connectivity index (χ4v) is 5.03. The van der Waals surface area contributed by atoms with Crippen molar-refractivity contribution < 1.29 is 9.53 Å². The lowest BCUT2D eigenvalue weighted by molar-refractivity contribution is -0.119. The molecule has 3 rings (SSSR count). The fourth-order valence-electron chi connectivity index (χ4n) is 5.03. The van der Waals surface area contributed by atoms with E-state index in [1.54, 1.807) is 24.3 Å². The van der Waals surface area contributed by atoms with Gasteiger partial charge in [0, 0.05) is 5.92 Å². The molecule has 0 aromatic heterocycles. The van der Waals surface area contributed by atoms with Crippen LogP contribution in [0.5, 0.6) is 5.75 Å². The number of nitrogens with two attached hydrogens (primary N) is 1. The first kappa shape index (κ1) is 23.0. The molecule has 2 aliphatic rings. The number of ether oxygens (including phenoxy) is 1. The van der Waals surface area contributed by atoms with E-state index in [9.17, 15) is 20.6 Å². The van der Waals surface area contributed by atoms with Crippen molar-refractivity contribution in [3.05, 3.63) is 41.5 Å². The van der Waals surface area contributed by atoms with Gasteiger partial charge in [0.15, 0.2) is 12.0 Å². The highest BCUT2D eigenvalue weighted by atomic mass is 16.5. The average molecular weight is 430 g/mol. The highest BCUT2D eigenvalue weighted by Gasteiger charge is 2.58. The summed E-state index contributed by atoms with van der Waals surface area (Å²) in [6, 6.07) is 13.3. The van der Waals surface area contributed by atoms with Crippen LogP contribution in [0.25, 0.3) is 0 Å². The standard InChI is InChI=1S/C25H27N5O2/c1-24(2,3)16-6-9-18-19(10-16)22(25(13-27,14-28)23(30)20(18)11-26)15-4-7-17(8-5-15)32-12-21(29)31/h4-5,7-9,16,19-20,22,30H,6,10,12H2,1-3H3,(H2,29,31)/t16?,19-,20?,22+/m0/s1. The number of fused-ring (bicyclic) bond motifs is 1. The summed E-state index contributed by atoms with van der Waals surface area (Å²) in [5.74, 6) is -1.48. The first-order valence-corrected chi connectivity index (χ1v) is 10.6. The Kier molecular flexibility index (Phi) is 6.11. The zero-order chi connectivity index (χ0) is 23.7. The van der Waals surface area contributed by atoms with Crippen molar-refractivity contribution in [2.45, 2.75) is 39.5 Å². The Morgan fingerprint density at radius 2 is 1.84 bits per heavy atom. The number of allylic oxidation sites excluding steroid dienone is 2. The van der Waals surface area contributed by atoms with Gasteiger partial charge in [-0.05, 0) is 53.4 Å². The summed E-state index contributed by atoms with van der Waals surface area (Å²) < 4.78 is 5.34. The summed E-state index contributed by atoms with van der Waals surface area (Å²) in [5.41, 5.74) is 4.83. The summed E-state index contributed by atoms with van der Waals surface area (Å²) in [5, 5.41) is 38.8. The van der Waals surface area contributed by atoms with Crippen molar-refractivity contribution in [1.29, 1.82) is 21.2 Å². The van der Waals surface area contributed by atoms with Crippen molar-refractivity contribution in [2.24, 2.45) is 34.3 Å². The second kappa shape index (κ2) is 8.48. The van der Waals surface area contributed by atoms with E-state index in [0.717, 1.165) is 24.0 Å². The van der Waals surface area contributed by atoms with Gasteiger partial charge in [0.1, 0.15) is 11.7 Å². The Hall–Kier alpha value is -3.63. The highest BCUT2D eigenvalue weighted by Crippen LogP contribution is 2.57. The molecule has 7 nitrogen and oxygen atoms in total. The van der Waals surface area contributed by atoms with Crippen molar-refractivity contribution in [2.75, 3.05) is 6.61 Å². The number of carbonyl (C=O) groups excluding carboxylic acids is 1. The molecule has 2 unspecified atom stereocenters. The second-order valence-corrected chi connectivity index (χ2v) is 9.65.